The Morgan fingerprint density at radius 2 is 2.33 bits per heavy atom. The van der Waals surface area contributed by atoms with Gasteiger partial charge in [-0.05, 0) is 49.4 Å². The van der Waals surface area contributed by atoms with Gasteiger partial charge in [-0.25, -0.2) is 0 Å². The van der Waals surface area contributed by atoms with Crippen molar-refractivity contribution in [1.29, 1.82) is 0 Å². The van der Waals surface area contributed by atoms with Crippen molar-refractivity contribution in [2.45, 2.75) is 19.8 Å². The highest BCUT2D eigenvalue weighted by Crippen LogP contribution is 2.23. The molecular formula is C14H18ClNO2. The lowest BCUT2D eigenvalue weighted by molar-refractivity contribution is 0.0787. The van der Waals surface area contributed by atoms with Crippen molar-refractivity contribution in [3.63, 3.8) is 0 Å². The molecule has 1 aromatic carbocycles. The first-order valence-electron chi connectivity index (χ1n) is 6.26. The van der Waals surface area contributed by atoms with Crippen LogP contribution in [0, 0.1) is 12.8 Å². The van der Waals surface area contributed by atoms with E-state index in [4.69, 9.17) is 11.6 Å². The lowest BCUT2D eigenvalue weighted by Gasteiger charge is -2.17. The molecule has 0 aromatic heterocycles. The van der Waals surface area contributed by atoms with Crippen LogP contribution in [0.4, 0.5) is 0 Å². The first kappa shape index (κ1) is 13.2. The van der Waals surface area contributed by atoms with Gasteiger partial charge in [0.25, 0.3) is 5.91 Å². The molecule has 0 radical (unpaired) electrons. The molecule has 1 fully saturated rings. The number of carbonyl (C=O) groups excluding carboxylic acids is 1. The molecule has 18 heavy (non-hydrogen) atoms. The van der Waals surface area contributed by atoms with Crippen LogP contribution in [-0.4, -0.2) is 34.9 Å². The molecule has 0 saturated carbocycles. The summed E-state index contributed by atoms with van der Waals surface area (Å²) in [5.41, 5.74) is 1.38. The van der Waals surface area contributed by atoms with E-state index in [1.54, 1.807) is 25.1 Å². The monoisotopic (exact) mass is 267 g/mol. The summed E-state index contributed by atoms with van der Waals surface area (Å²) in [6.07, 6.45) is 2.01. The first-order valence-corrected chi connectivity index (χ1v) is 6.80. The van der Waals surface area contributed by atoms with E-state index in [-0.39, 0.29) is 11.7 Å². The molecule has 1 saturated heterocycles. The zero-order valence-corrected chi connectivity index (χ0v) is 11.3. The SMILES string of the molecule is Cc1cc(C(=O)N2CCC(CCCl)C2)ccc1O. The third-order valence-electron chi connectivity index (χ3n) is 3.53. The molecule has 1 atom stereocenters. The number of alkyl halides is 1. The van der Waals surface area contributed by atoms with Crippen LogP contribution >= 0.6 is 11.6 Å². The van der Waals surface area contributed by atoms with Gasteiger partial charge in [-0.1, -0.05) is 0 Å². The Kier molecular flexibility index (Phi) is 4.12. The average molecular weight is 268 g/mol. The lowest BCUT2D eigenvalue weighted by atomic mass is 10.1. The van der Waals surface area contributed by atoms with Crippen molar-refractivity contribution in [2.24, 2.45) is 5.92 Å². The summed E-state index contributed by atoms with van der Waals surface area (Å²) in [4.78, 5) is 14.1. The van der Waals surface area contributed by atoms with Crippen LogP contribution < -0.4 is 0 Å². The molecule has 1 unspecified atom stereocenters. The number of aryl methyl sites for hydroxylation is 1. The molecule has 2 rings (SSSR count). The van der Waals surface area contributed by atoms with Gasteiger partial charge < -0.3 is 10.0 Å². The minimum atomic E-state index is 0.0511. The van der Waals surface area contributed by atoms with Crippen LogP contribution in [0.25, 0.3) is 0 Å². The van der Waals surface area contributed by atoms with E-state index in [9.17, 15) is 9.90 Å². The molecule has 1 aliphatic heterocycles. The van der Waals surface area contributed by atoms with Crippen LogP contribution in [-0.2, 0) is 0 Å². The predicted molar refractivity (Wildman–Crippen MR) is 72.2 cm³/mol. The van der Waals surface area contributed by atoms with Crippen molar-refractivity contribution in [1.82, 2.24) is 4.90 Å². The van der Waals surface area contributed by atoms with Crippen LogP contribution in [0.5, 0.6) is 5.75 Å². The van der Waals surface area contributed by atoms with Crippen LogP contribution in [0.2, 0.25) is 0 Å². The van der Waals surface area contributed by atoms with Gasteiger partial charge in [-0.15, -0.1) is 11.6 Å². The maximum atomic E-state index is 12.3. The maximum absolute atomic E-state index is 12.3. The predicted octanol–water partition coefficient (Wildman–Crippen LogP) is 2.79. The largest absolute Gasteiger partial charge is 0.508 e. The van der Waals surface area contributed by atoms with Crippen molar-refractivity contribution in [2.75, 3.05) is 19.0 Å². The Morgan fingerprint density at radius 3 is 3.00 bits per heavy atom. The van der Waals surface area contributed by atoms with Gasteiger partial charge in [0.1, 0.15) is 5.75 Å². The standard InChI is InChI=1S/C14H18ClNO2/c1-10-8-12(2-3-13(10)17)14(18)16-7-5-11(9-16)4-6-15/h2-3,8,11,17H,4-7,9H2,1H3. The summed E-state index contributed by atoms with van der Waals surface area (Å²) in [5.74, 6) is 1.47. The number of aromatic hydroxyl groups is 1. The number of phenols is 1. The molecule has 98 valence electrons. The smallest absolute Gasteiger partial charge is 0.253 e. The normalized spacial score (nSPS) is 19.2. The number of amides is 1. The van der Waals surface area contributed by atoms with Gasteiger partial charge in [-0.3, -0.25) is 4.79 Å². The Bertz CT molecular complexity index is 447. The van der Waals surface area contributed by atoms with E-state index >= 15 is 0 Å². The first-order chi connectivity index (χ1) is 8.61. The summed E-state index contributed by atoms with van der Waals surface area (Å²) >= 11 is 5.73. The molecular weight excluding hydrogens is 250 g/mol. The molecule has 1 N–H and O–H groups in total. The van der Waals surface area contributed by atoms with E-state index in [1.807, 2.05) is 4.90 Å². The Morgan fingerprint density at radius 1 is 1.56 bits per heavy atom. The fourth-order valence-corrected chi connectivity index (χ4v) is 2.69. The van der Waals surface area contributed by atoms with Gasteiger partial charge in [0.15, 0.2) is 0 Å². The van der Waals surface area contributed by atoms with Crippen LogP contribution in [0.3, 0.4) is 0 Å². The third kappa shape index (κ3) is 2.78. The molecule has 1 aliphatic rings. The third-order valence-corrected chi connectivity index (χ3v) is 3.75. The zero-order chi connectivity index (χ0) is 13.1. The molecule has 4 heteroatoms. The lowest BCUT2D eigenvalue weighted by Crippen LogP contribution is -2.28. The fourth-order valence-electron chi connectivity index (χ4n) is 2.38. The van der Waals surface area contributed by atoms with Gasteiger partial charge in [0, 0.05) is 24.5 Å². The quantitative estimate of drug-likeness (QED) is 0.856. The molecule has 1 heterocycles. The summed E-state index contributed by atoms with van der Waals surface area (Å²) in [5, 5.41) is 9.46. The number of phenolic OH excluding ortho intramolecular Hbond substituents is 1. The summed E-state index contributed by atoms with van der Waals surface area (Å²) in [6, 6.07) is 5.00. The number of carbonyl (C=O) groups is 1. The topological polar surface area (TPSA) is 40.5 Å². The molecule has 1 aromatic rings. The summed E-state index contributed by atoms with van der Waals surface area (Å²) in [7, 11) is 0. The second-order valence-electron chi connectivity index (χ2n) is 4.88. The van der Waals surface area contributed by atoms with Gasteiger partial charge >= 0.3 is 0 Å². The second-order valence-corrected chi connectivity index (χ2v) is 5.26. The fraction of sp³-hybridized carbons (Fsp3) is 0.500. The molecule has 0 aliphatic carbocycles. The Hall–Kier alpha value is -1.22. The Balaban J connectivity index is 2.05. The Labute approximate surface area is 112 Å². The molecule has 1 amide bonds. The number of nitrogens with zero attached hydrogens (tertiary/aromatic N) is 1. The highest BCUT2D eigenvalue weighted by atomic mass is 35.5. The summed E-state index contributed by atoms with van der Waals surface area (Å²) < 4.78 is 0. The van der Waals surface area contributed by atoms with E-state index in [1.165, 1.54) is 0 Å². The highest BCUT2D eigenvalue weighted by Gasteiger charge is 2.26. The van der Waals surface area contributed by atoms with Gasteiger partial charge in [0.2, 0.25) is 0 Å². The average Bonchev–Trinajstić information content (AvgIpc) is 2.81. The number of halogens is 1. The van der Waals surface area contributed by atoms with E-state index in [0.717, 1.165) is 31.5 Å². The maximum Gasteiger partial charge on any atom is 0.253 e. The number of rotatable bonds is 3. The second kappa shape index (κ2) is 5.61. The van der Waals surface area contributed by atoms with Crippen LogP contribution in [0.15, 0.2) is 18.2 Å². The zero-order valence-electron chi connectivity index (χ0n) is 10.5. The minimum Gasteiger partial charge on any atom is -0.508 e. The van der Waals surface area contributed by atoms with E-state index < -0.39 is 0 Å². The van der Waals surface area contributed by atoms with Gasteiger partial charge in [0.05, 0.1) is 0 Å². The number of likely N-dealkylation sites (tertiary alicyclic amines) is 1. The van der Waals surface area contributed by atoms with Gasteiger partial charge in [-0.2, -0.15) is 0 Å². The minimum absolute atomic E-state index is 0.0511. The molecule has 0 bridgehead atoms. The van der Waals surface area contributed by atoms with E-state index in [0.29, 0.717) is 17.4 Å². The van der Waals surface area contributed by atoms with Crippen molar-refractivity contribution in [3.05, 3.63) is 29.3 Å². The summed E-state index contributed by atoms with van der Waals surface area (Å²) in [6.45, 7) is 3.40. The number of hydrogen-bond donors (Lipinski definition) is 1. The van der Waals surface area contributed by atoms with Crippen molar-refractivity contribution < 1.29 is 9.90 Å². The molecule has 0 spiro atoms. The van der Waals surface area contributed by atoms with Crippen molar-refractivity contribution in [3.8, 4) is 5.75 Å². The number of hydrogen-bond acceptors (Lipinski definition) is 2. The molecule has 3 nitrogen and oxygen atoms in total. The number of benzene rings is 1. The highest BCUT2D eigenvalue weighted by molar-refractivity contribution is 6.17. The van der Waals surface area contributed by atoms with Crippen LogP contribution in [0.1, 0.15) is 28.8 Å². The van der Waals surface area contributed by atoms with Crippen molar-refractivity contribution >= 4 is 17.5 Å². The van der Waals surface area contributed by atoms with E-state index in [2.05, 4.69) is 0 Å².